The second-order valence-corrected chi connectivity index (χ2v) is 6.70. The van der Waals surface area contributed by atoms with Crippen molar-refractivity contribution in [1.82, 2.24) is 10.4 Å². The van der Waals surface area contributed by atoms with Crippen LogP contribution in [-0.2, 0) is 4.79 Å². The van der Waals surface area contributed by atoms with Crippen LogP contribution in [0.15, 0.2) is 30.3 Å². The van der Waals surface area contributed by atoms with Crippen LogP contribution in [0, 0.1) is 0 Å². The van der Waals surface area contributed by atoms with Crippen molar-refractivity contribution in [3.05, 3.63) is 41.5 Å². The van der Waals surface area contributed by atoms with Crippen molar-refractivity contribution < 1.29 is 34.8 Å². The van der Waals surface area contributed by atoms with E-state index in [0.717, 1.165) is 17.1 Å². The number of carbonyl (C=O) groups excluding carboxylic acids is 2. The van der Waals surface area contributed by atoms with E-state index in [1.165, 1.54) is 18.9 Å². The van der Waals surface area contributed by atoms with E-state index >= 15 is 0 Å². The Morgan fingerprint density at radius 2 is 1.85 bits per heavy atom. The Morgan fingerprint density at radius 3 is 2.48 bits per heavy atom. The first-order chi connectivity index (χ1) is 12.8. The van der Waals surface area contributed by atoms with Crippen LogP contribution in [0.5, 0.6) is 28.7 Å². The average molecular weight is 392 g/mol. The maximum absolute atomic E-state index is 12.4. The fraction of sp³-hybridized carbons (Fsp3) is 0.176. The molecule has 5 N–H and O–H groups in total. The van der Waals surface area contributed by atoms with E-state index in [-0.39, 0.29) is 22.8 Å². The third kappa shape index (κ3) is 3.38. The maximum atomic E-state index is 12.4. The van der Waals surface area contributed by atoms with Crippen LogP contribution in [0.3, 0.4) is 0 Å². The van der Waals surface area contributed by atoms with Crippen molar-refractivity contribution in [2.45, 2.75) is 5.37 Å². The van der Waals surface area contributed by atoms with Gasteiger partial charge in [-0.3, -0.25) is 15.0 Å². The average Bonchev–Trinajstić information content (AvgIpc) is 3.00. The highest BCUT2D eigenvalue weighted by molar-refractivity contribution is 8.00. The van der Waals surface area contributed by atoms with E-state index in [9.17, 15) is 30.0 Å². The van der Waals surface area contributed by atoms with Crippen molar-refractivity contribution in [3.8, 4) is 28.7 Å². The van der Waals surface area contributed by atoms with Crippen LogP contribution in [-0.4, -0.2) is 50.1 Å². The summed E-state index contributed by atoms with van der Waals surface area (Å²) < 4.78 is 5.07. The molecule has 1 aliphatic heterocycles. The van der Waals surface area contributed by atoms with Crippen LogP contribution < -0.4 is 10.2 Å². The Kier molecular flexibility index (Phi) is 4.91. The molecule has 10 heteroatoms. The van der Waals surface area contributed by atoms with Gasteiger partial charge in [0, 0.05) is 11.1 Å². The zero-order valence-corrected chi connectivity index (χ0v) is 14.9. The number of thioether (sulfide) groups is 1. The molecule has 1 unspecified atom stereocenters. The van der Waals surface area contributed by atoms with Crippen LogP contribution in [0.4, 0.5) is 0 Å². The molecule has 1 aliphatic rings. The summed E-state index contributed by atoms with van der Waals surface area (Å²) in [6, 6.07) is 6.72. The summed E-state index contributed by atoms with van der Waals surface area (Å²) in [5.41, 5.74) is 2.61. The summed E-state index contributed by atoms with van der Waals surface area (Å²) in [4.78, 5) is 24.7. The summed E-state index contributed by atoms with van der Waals surface area (Å²) >= 11 is 1.20. The standard InChI is InChI=1S/C17H16N2O7S/c1-26-12-4-2-3-9(14(12)23)17-19(13(22)7-27-17)18-16(25)8-5-10(20)15(24)11(21)6-8/h2-6,17,20-21,23-24H,7H2,1H3,(H,18,25). The number of benzene rings is 2. The number of carbonyl (C=O) groups is 2. The quantitative estimate of drug-likeness (QED) is 0.493. The lowest BCUT2D eigenvalue weighted by Gasteiger charge is -2.25. The molecule has 1 saturated heterocycles. The van der Waals surface area contributed by atoms with Crippen molar-refractivity contribution in [2.24, 2.45) is 0 Å². The molecular formula is C17H16N2O7S. The summed E-state index contributed by atoms with van der Waals surface area (Å²) in [7, 11) is 1.40. The normalized spacial score (nSPS) is 16.4. The second-order valence-electron chi connectivity index (χ2n) is 5.63. The molecule has 2 aromatic carbocycles. The third-order valence-corrected chi connectivity index (χ3v) is 5.13. The minimum absolute atomic E-state index is 0.0771. The highest BCUT2D eigenvalue weighted by Crippen LogP contribution is 2.44. The van der Waals surface area contributed by atoms with Gasteiger partial charge in [-0.15, -0.1) is 11.8 Å². The number of aromatic hydroxyl groups is 4. The molecule has 1 atom stereocenters. The zero-order valence-electron chi connectivity index (χ0n) is 14.0. The lowest BCUT2D eigenvalue weighted by molar-refractivity contribution is -0.130. The Bertz CT molecular complexity index is 895. The topological polar surface area (TPSA) is 140 Å². The lowest BCUT2D eigenvalue weighted by Crippen LogP contribution is -2.44. The molecule has 2 amide bonds. The van der Waals surface area contributed by atoms with Crippen LogP contribution >= 0.6 is 11.8 Å². The number of phenolic OH excluding ortho intramolecular Hbond substituents is 4. The molecule has 0 aromatic heterocycles. The van der Waals surface area contributed by atoms with Crippen molar-refractivity contribution >= 4 is 23.6 Å². The molecule has 27 heavy (non-hydrogen) atoms. The number of hydrogen-bond donors (Lipinski definition) is 5. The van der Waals surface area contributed by atoms with Gasteiger partial charge in [-0.05, 0) is 18.2 Å². The molecule has 9 nitrogen and oxygen atoms in total. The molecule has 2 aromatic rings. The lowest BCUT2D eigenvalue weighted by atomic mass is 10.1. The second kappa shape index (κ2) is 7.16. The third-order valence-electron chi connectivity index (χ3n) is 3.94. The minimum Gasteiger partial charge on any atom is -0.504 e. The highest BCUT2D eigenvalue weighted by atomic mass is 32.2. The van der Waals surface area contributed by atoms with Gasteiger partial charge in [0.25, 0.3) is 11.8 Å². The van der Waals surface area contributed by atoms with Gasteiger partial charge in [0.05, 0.1) is 12.9 Å². The number of nitrogens with one attached hydrogen (secondary N) is 1. The fourth-order valence-corrected chi connectivity index (χ4v) is 3.72. The molecule has 0 saturated carbocycles. The first-order valence-electron chi connectivity index (χ1n) is 7.69. The molecule has 1 heterocycles. The van der Waals surface area contributed by atoms with E-state index < -0.39 is 34.4 Å². The van der Waals surface area contributed by atoms with E-state index in [1.54, 1.807) is 18.2 Å². The molecule has 142 valence electrons. The number of methoxy groups -OCH3 is 1. The molecular weight excluding hydrogens is 376 g/mol. The molecule has 3 rings (SSSR count). The predicted octanol–water partition coefficient (Wildman–Crippen LogP) is 1.44. The van der Waals surface area contributed by atoms with Gasteiger partial charge in [0.2, 0.25) is 0 Å². The Morgan fingerprint density at radius 1 is 1.19 bits per heavy atom. The maximum Gasteiger partial charge on any atom is 0.270 e. The van der Waals surface area contributed by atoms with E-state index in [1.807, 2.05) is 0 Å². The van der Waals surface area contributed by atoms with Gasteiger partial charge in [0.1, 0.15) is 5.37 Å². The minimum atomic E-state index is -0.788. The number of hydrazine groups is 1. The summed E-state index contributed by atoms with van der Waals surface area (Å²) in [6.45, 7) is 0. The Balaban J connectivity index is 1.89. The van der Waals surface area contributed by atoms with Gasteiger partial charge < -0.3 is 25.2 Å². The zero-order chi connectivity index (χ0) is 19.7. The van der Waals surface area contributed by atoms with E-state index in [4.69, 9.17) is 4.74 Å². The predicted molar refractivity (Wildman–Crippen MR) is 95.6 cm³/mol. The first-order valence-corrected chi connectivity index (χ1v) is 8.73. The van der Waals surface area contributed by atoms with E-state index in [2.05, 4.69) is 5.43 Å². The van der Waals surface area contributed by atoms with Crippen LogP contribution in [0.2, 0.25) is 0 Å². The fourth-order valence-electron chi connectivity index (χ4n) is 2.59. The highest BCUT2D eigenvalue weighted by Gasteiger charge is 2.36. The molecule has 0 bridgehead atoms. The van der Waals surface area contributed by atoms with E-state index in [0.29, 0.717) is 5.56 Å². The van der Waals surface area contributed by atoms with Crippen molar-refractivity contribution in [2.75, 3.05) is 12.9 Å². The molecule has 0 radical (unpaired) electrons. The number of ether oxygens (including phenoxy) is 1. The van der Waals surface area contributed by atoms with Gasteiger partial charge in [-0.1, -0.05) is 12.1 Å². The Hall–Kier alpha value is -3.27. The van der Waals surface area contributed by atoms with Crippen molar-refractivity contribution in [1.29, 1.82) is 0 Å². The number of hydrogen-bond acceptors (Lipinski definition) is 8. The van der Waals surface area contributed by atoms with Crippen LogP contribution in [0.1, 0.15) is 21.3 Å². The molecule has 1 fully saturated rings. The largest absolute Gasteiger partial charge is 0.504 e. The van der Waals surface area contributed by atoms with Gasteiger partial charge in [0.15, 0.2) is 28.7 Å². The molecule has 0 spiro atoms. The summed E-state index contributed by atoms with van der Waals surface area (Å²) in [5, 5.41) is 39.1. The number of para-hydroxylation sites is 1. The SMILES string of the molecule is COc1cccc(C2SCC(=O)N2NC(=O)c2cc(O)c(O)c(O)c2)c1O. The van der Waals surface area contributed by atoms with Gasteiger partial charge in [-0.2, -0.15) is 0 Å². The number of nitrogens with zero attached hydrogens (tertiary/aromatic N) is 1. The first kappa shape index (κ1) is 18.5. The van der Waals surface area contributed by atoms with Gasteiger partial charge in [-0.25, -0.2) is 5.01 Å². The monoisotopic (exact) mass is 392 g/mol. The number of rotatable bonds is 4. The Labute approximate surface area is 157 Å². The van der Waals surface area contributed by atoms with Gasteiger partial charge >= 0.3 is 0 Å². The van der Waals surface area contributed by atoms with Crippen molar-refractivity contribution in [3.63, 3.8) is 0 Å². The van der Waals surface area contributed by atoms with Crippen LogP contribution in [0.25, 0.3) is 0 Å². The number of phenols is 4. The number of amides is 2. The smallest absolute Gasteiger partial charge is 0.270 e. The molecule has 0 aliphatic carbocycles. The summed E-state index contributed by atoms with van der Waals surface area (Å²) in [5.74, 6) is -3.13. The summed E-state index contributed by atoms with van der Waals surface area (Å²) in [6.07, 6.45) is 0.